The molecule has 1 aromatic rings. The lowest BCUT2D eigenvalue weighted by Crippen LogP contribution is -2.04. The number of aromatic nitrogens is 3. The molecule has 1 atom stereocenters. The molecule has 0 amide bonds. The van der Waals surface area contributed by atoms with Crippen molar-refractivity contribution in [1.82, 2.24) is 15.0 Å². The van der Waals surface area contributed by atoms with Gasteiger partial charge in [0.05, 0.1) is 5.69 Å². The van der Waals surface area contributed by atoms with Crippen molar-refractivity contribution < 1.29 is 0 Å². The molecular weight excluding hydrogens is 152 g/mol. The summed E-state index contributed by atoms with van der Waals surface area (Å²) in [5.74, 6) is 0. The maximum atomic E-state index is 5.51. The molecule has 0 bridgehead atoms. The minimum absolute atomic E-state index is 0. The minimum Gasteiger partial charge on any atom is -0.323 e. The first-order chi connectivity index (χ1) is 4.20. The average Bonchev–Trinajstić information content (AvgIpc) is 2.14. The highest BCUT2D eigenvalue weighted by Crippen LogP contribution is 2.01. The minimum atomic E-state index is -0.0151. The topological polar surface area (TPSA) is 56.7 Å². The largest absolute Gasteiger partial charge is 0.323 e. The van der Waals surface area contributed by atoms with Gasteiger partial charge in [0, 0.05) is 19.3 Å². The SMILES string of the molecule is C[C@@H](N)c1cn(C)nn1.Cl. The summed E-state index contributed by atoms with van der Waals surface area (Å²) in [5, 5.41) is 7.53. The summed E-state index contributed by atoms with van der Waals surface area (Å²) in [6.45, 7) is 1.88. The van der Waals surface area contributed by atoms with Gasteiger partial charge in [-0.2, -0.15) is 0 Å². The van der Waals surface area contributed by atoms with Crippen molar-refractivity contribution >= 4 is 12.4 Å². The van der Waals surface area contributed by atoms with E-state index in [9.17, 15) is 0 Å². The lowest BCUT2D eigenvalue weighted by Gasteiger charge is -1.94. The molecule has 5 heteroatoms. The Balaban J connectivity index is 0.000000810. The number of hydrogen-bond acceptors (Lipinski definition) is 3. The molecule has 58 valence electrons. The fraction of sp³-hybridized carbons (Fsp3) is 0.600. The summed E-state index contributed by atoms with van der Waals surface area (Å²) in [6.07, 6.45) is 1.81. The predicted molar refractivity (Wildman–Crippen MR) is 40.9 cm³/mol. The summed E-state index contributed by atoms with van der Waals surface area (Å²) >= 11 is 0. The number of nitrogens with two attached hydrogens (primary N) is 1. The standard InChI is InChI=1S/C5H10N4.ClH/c1-4(6)5-3-9(2)8-7-5;/h3-4H,6H2,1-2H3;1H/t4-;/m1./s1. The molecule has 0 aliphatic heterocycles. The summed E-state index contributed by atoms with van der Waals surface area (Å²) in [6, 6.07) is -0.0151. The molecule has 0 saturated carbocycles. The Labute approximate surface area is 65.8 Å². The quantitative estimate of drug-likeness (QED) is 0.645. The predicted octanol–water partition coefficient (Wildman–Crippen LogP) is 0.257. The molecule has 0 saturated heterocycles. The van der Waals surface area contributed by atoms with Gasteiger partial charge in [-0.25, -0.2) is 0 Å². The molecule has 0 fully saturated rings. The molecule has 1 heterocycles. The third-order valence-corrected chi connectivity index (χ3v) is 1.09. The van der Waals surface area contributed by atoms with Gasteiger partial charge in [0.25, 0.3) is 0 Å². The Morgan fingerprint density at radius 2 is 2.30 bits per heavy atom. The lowest BCUT2D eigenvalue weighted by atomic mass is 10.3. The van der Waals surface area contributed by atoms with Crippen LogP contribution in [0, 0.1) is 0 Å². The van der Waals surface area contributed by atoms with Crippen LogP contribution in [-0.2, 0) is 7.05 Å². The van der Waals surface area contributed by atoms with Crippen LogP contribution >= 0.6 is 12.4 Å². The number of halogens is 1. The molecule has 0 unspecified atom stereocenters. The van der Waals surface area contributed by atoms with Crippen LogP contribution in [0.1, 0.15) is 18.7 Å². The Morgan fingerprint density at radius 1 is 1.70 bits per heavy atom. The molecule has 1 aromatic heterocycles. The van der Waals surface area contributed by atoms with E-state index in [0.29, 0.717) is 0 Å². The van der Waals surface area contributed by atoms with Crippen molar-refractivity contribution in [2.45, 2.75) is 13.0 Å². The van der Waals surface area contributed by atoms with Gasteiger partial charge < -0.3 is 5.73 Å². The van der Waals surface area contributed by atoms with Gasteiger partial charge in [0.1, 0.15) is 0 Å². The van der Waals surface area contributed by atoms with Crippen molar-refractivity contribution in [3.8, 4) is 0 Å². The molecule has 0 radical (unpaired) electrons. The fourth-order valence-electron chi connectivity index (χ4n) is 0.574. The van der Waals surface area contributed by atoms with Crippen LogP contribution < -0.4 is 5.73 Å². The van der Waals surface area contributed by atoms with Crippen LogP contribution in [0.25, 0.3) is 0 Å². The monoisotopic (exact) mass is 162 g/mol. The summed E-state index contributed by atoms with van der Waals surface area (Å²) in [7, 11) is 1.82. The molecular formula is C5H11ClN4. The van der Waals surface area contributed by atoms with Gasteiger partial charge in [-0.05, 0) is 6.92 Å². The van der Waals surface area contributed by atoms with E-state index in [1.54, 1.807) is 4.68 Å². The first-order valence-corrected chi connectivity index (χ1v) is 2.82. The summed E-state index contributed by atoms with van der Waals surface area (Å²) in [4.78, 5) is 0. The average molecular weight is 163 g/mol. The van der Waals surface area contributed by atoms with Crippen LogP contribution in [0.4, 0.5) is 0 Å². The molecule has 0 aromatic carbocycles. The molecule has 4 nitrogen and oxygen atoms in total. The van der Waals surface area contributed by atoms with Gasteiger partial charge >= 0.3 is 0 Å². The Morgan fingerprint density at radius 3 is 2.50 bits per heavy atom. The first kappa shape index (κ1) is 9.39. The molecule has 10 heavy (non-hydrogen) atoms. The number of hydrogen-bond donors (Lipinski definition) is 1. The zero-order chi connectivity index (χ0) is 6.85. The smallest absolute Gasteiger partial charge is 0.0991 e. The van der Waals surface area contributed by atoms with Crippen molar-refractivity contribution in [3.63, 3.8) is 0 Å². The summed E-state index contributed by atoms with van der Waals surface area (Å²) < 4.78 is 1.64. The van der Waals surface area contributed by atoms with Crippen molar-refractivity contribution in [2.75, 3.05) is 0 Å². The van der Waals surface area contributed by atoms with E-state index in [1.165, 1.54) is 0 Å². The first-order valence-electron chi connectivity index (χ1n) is 2.82. The van der Waals surface area contributed by atoms with E-state index in [-0.39, 0.29) is 18.4 Å². The molecule has 0 aliphatic rings. The highest BCUT2D eigenvalue weighted by Gasteiger charge is 2.01. The third-order valence-electron chi connectivity index (χ3n) is 1.09. The zero-order valence-corrected chi connectivity index (χ0v) is 6.80. The van der Waals surface area contributed by atoms with Gasteiger partial charge in [0.15, 0.2) is 0 Å². The molecule has 2 N–H and O–H groups in total. The van der Waals surface area contributed by atoms with E-state index in [2.05, 4.69) is 10.3 Å². The second-order valence-electron chi connectivity index (χ2n) is 2.11. The maximum Gasteiger partial charge on any atom is 0.0991 e. The van der Waals surface area contributed by atoms with Gasteiger partial charge in [-0.15, -0.1) is 17.5 Å². The van der Waals surface area contributed by atoms with Crippen molar-refractivity contribution in [2.24, 2.45) is 12.8 Å². The fourth-order valence-corrected chi connectivity index (χ4v) is 0.574. The van der Waals surface area contributed by atoms with Crippen molar-refractivity contribution in [1.29, 1.82) is 0 Å². The normalized spacial score (nSPS) is 12.3. The number of rotatable bonds is 1. The summed E-state index contributed by atoms with van der Waals surface area (Å²) in [5.41, 5.74) is 6.34. The second-order valence-corrected chi connectivity index (χ2v) is 2.11. The molecule has 0 aliphatic carbocycles. The molecule has 0 spiro atoms. The van der Waals surface area contributed by atoms with Crippen LogP contribution in [0.5, 0.6) is 0 Å². The van der Waals surface area contributed by atoms with Crippen molar-refractivity contribution in [3.05, 3.63) is 11.9 Å². The maximum absolute atomic E-state index is 5.51. The van der Waals surface area contributed by atoms with Gasteiger partial charge in [0.2, 0.25) is 0 Å². The van der Waals surface area contributed by atoms with E-state index in [0.717, 1.165) is 5.69 Å². The van der Waals surface area contributed by atoms with Gasteiger partial charge in [-0.3, -0.25) is 4.68 Å². The van der Waals surface area contributed by atoms with Crippen LogP contribution in [0.3, 0.4) is 0 Å². The third kappa shape index (κ3) is 1.97. The zero-order valence-electron chi connectivity index (χ0n) is 5.98. The van der Waals surface area contributed by atoms with Crippen LogP contribution in [0.2, 0.25) is 0 Å². The van der Waals surface area contributed by atoms with E-state index in [4.69, 9.17) is 5.73 Å². The molecule has 1 rings (SSSR count). The van der Waals surface area contributed by atoms with Crippen LogP contribution in [-0.4, -0.2) is 15.0 Å². The Bertz CT molecular complexity index is 195. The van der Waals surface area contributed by atoms with E-state index in [1.807, 2.05) is 20.2 Å². The Hall–Kier alpha value is -0.610. The lowest BCUT2D eigenvalue weighted by molar-refractivity contribution is 0.708. The van der Waals surface area contributed by atoms with Crippen LogP contribution in [0.15, 0.2) is 6.20 Å². The highest BCUT2D eigenvalue weighted by atomic mass is 35.5. The number of nitrogens with zero attached hydrogens (tertiary/aromatic N) is 3. The number of aryl methyl sites for hydroxylation is 1. The Kier molecular flexibility index (Phi) is 3.32. The van der Waals surface area contributed by atoms with Gasteiger partial charge in [-0.1, -0.05) is 5.21 Å². The van der Waals surface area contributed by atoms with E-state index < -0.39 is 0 Å². The second kappa shape index (κ2) is 3.53. The van der Waals surface area contributed by atoms with E-state index >= 15 is 0 Å². The highest BCUT2D eigenvalue weighted by molar-refractivity contribution is 5.85.